The average Bonchev–Trinajstić information content (AvgIpc) is 2.90. The SMILES string of the molecule is C/C=C(\C)C(=O)O[C@@H](c1cc2ccc(=O)oc2cc1OC)[C@@H]1OC(C)(C)OC1(C)C. The van der Waals surface area contributed by atoms with E-state index in [0.717, 1.165) is 0 Å². The van der Waals surface area contributed by atoms with Crippen LogP contribution in [-0.4, -0.2) is 30.6 Å². The molecular formula is C23H28O7. The number of ether oxygens (including phenoxy) is 4. The van der Waals surface area contributed by atoms with Crippen molar-refractivity contribution in [1.82, 2.24) is 0 Å². The number of hydrogen-bond donors (Lipinski definition) is 0. The van der Waals surface area contributed by atoms with Crippen LogP contribution in [0.3, 0.4) is 0 Å². The first-order chi connectivity index (χ1) is 14.0. The van der Waals surface area contributed by atoms with Crippen molar-refractivity contribution in [1.29, 1.82) is 0 Å². The number of benzene rings is 1. The van der Waals surface area contributed by atoms with Crippen LogP contribution in [0, 0.1) is 0 Å². The molecule has 0 radical (unpaired) electrons. The van der Waals surface area contributed by atoms with Gasteiger partial charge in [0.15, 0.2) is 11.9 Å². The van der Waals surface area contributed by atoms with Crippen LogP contribution >= 0.6 is 0 Å². The minimum Gasteiger partial charge on any atom is -0.496 e. The molecule has 2 aromatic rings. The second-order valence-corrected chi connectivity index (χ2v) is 8.33. The normalized spacial score (nSPS) is 21.4. The molecule has 30 heavy (non-hydrogen) atoms. The summed E-state index contributed by atoms with van der Waals surface area (Å²) in [4.78, 5) is 24.3. The van der Waals surface area contributed by atoms with E-state index in [4.69, 9.17) is 23.4 Å². The highest BCUT2D eigenvalue weighted by Crippen LogP contribution is 2.46. The van der Waals surface area contributed by atoms with Crippen LogP contribution in [0.2, 0.25) is 0 Å². The van der Waals surface area contributed by atoms with Gasteiger partial charge in [0.2, 0.25) is 0 Å². The van der Waals surface area contributed by atoms with Crippen molar-refractivity contribution in [3.8, 4) is 5.75 Å². The van der Waals surface area contributed by atoms with E-state index in [9.17, 15) is 9.59 Å². The van der Waals surface area contributed by atoms with E-state index in [-0.39, 0.29) is 0 Å². The van der Waals surface area contributed by atoms with E-state index in [1.807, 2.05) is 27.7 Å². The Labute approximate surface area is 175 Å². The van der Waals surface area contributed by atoms with Gasteiger partial charge in [0, 0.05) is 28.7 Å². The number of methoxy groups -OCH3 is 1. The van der Waals surface area contributed by atoms with Crippen LogP contribution in [0.1, 0.15) is 53.2 Å². The third kappa shape index (κ3) is 4.27. The monoisotopic (exact) mass is 416 g/mol. The first kappa shape index (κ1) is 22.1. The van der Waals surface area contributed by atoms with Gasteiger partial charge in [-0.1, -0.05) is 6.08 Å². The number of allylic oxidation sites excluding steroid dienone is 1. The molecule has 0 saturated carbocycles. The van der Waals surface area contributed by atoms with E-state index in [2.05, 4.69) is 0 Å². The van der Waals surface area contributed by atoms with E-state index < -0.39 is 35.2 Å². The lowest BCUT2D eigenvalue weighted by atomic mass is 9.91. The number of carbonyl (C=O) groups is 1. The highest BCUT2D eigenvalue weighted by atomic mass is 16.8. The summed E-state index contributed by atoms with van der Waals surface area (Å²) < 4.78 is 29.0. The van der Waals surface area contributed by atoms with Crippen LogP contribution in [0.15, 0.2) is 45.1 Å². The Balaban J connectivity index is 2.18. The highest BCUT2D eigenvalue weighted by Gasteiger charge is 2.52. The fourth-order valence-corrected chi connectivity index (χ4v) is 3.72. The van der Waals surface area contributed by atoms with Crippen LogP contribution in [-0.2, 0) is 19.0 Å². The van der Waals surface area contributed by atoms with Crippen molar-refractivity contribution < 1.29 is 28.2 Å². The maximum atomic E-state index is 12.7. The molecule has 1 fully saturated rings. The zero-order valence-electron chi connectivity index (χ0n) is 18.4. The summed E-state index contributed by atoms with van der Waals surface area (Å²) in [5.74, 6) is -0.907. The number of carbonyl (C=O) groups excluding carboxylic acids is 1. The van der Waals surface area contributed by atoms with Gasteiger partial charge in [-0.25, -0.2) is 9.59 Å². The standard InChI is InChI=1S/C23H28O7/c1-8-13(2)21(25)28-19(20-22(3,4)30-23(5,6)29-20)15-11-14-9-10-18(24)27-16(14)12-17(15)26-7/h8-12,19-20H,1-7H3/b13-8+/t19-,20-/m0/s1. The molecule has 1 aliphatic rings. The van der Waals surface area contributed by atoms with E-state index in [0.29, 0.717) is 27.9 Å². The summed E-state index contributed by atoms with van der Waals surface area (Å²) in [6.45, 7) is 10.9. The fraction of sp³-hybridized carbons (Fsp3) is 0.478. The predicted octanol–water partition coefficient (Wildman–Crippen LogP) is 4.28. The molecule has 3 rings (SSSR count). The number of esters is 1. The molecule has 0 aliphatic carbocycles. The van der Waals surface area contributed by atoms with Crippen molar-refractivity contribution in [2.45, 2.75) is 65.1 Å². The molecule has 0 spiro atoms. The Morgan fingerprint density at radius 2 is 1.90 bits per heavy atom. The molecule has 1 aromatic heterocycles. The van der Waals surface area contributed by atoms with Gasteiger partial charge in [0.05, 0.1) is 12.7 Å². The Morgan fingerprint density at radius 1 is 1.20 bits per heavy atom. The van der Waals surface area contributed by atoms with Gasteiger partial charge in [-0.3, -0.25) is 0 Å². The molecule has 7 heteroatoms. The third-order valence-electron chi connectivity index (χ3n) is 5.15. The third-order valence-corrected chi connectivity index (χ3v) is 5.15. The fourth-order valence-electron chi connectivity index (χ4n) is 3.72. The lowest BCUT2D eigenvalue weighted by molar-refractivity contribution is -0.171. The molecule has 1 aromatic carbocycles. The summed E-state index contributed by atoms with van der Waals surface area (Å²) in [5.41, 5.74) is 0.235. The van der Waals surface area contributed by atoms with Gasteiger partial charge in [-0.15, -0.1) is 0 Å². The molecule has 0 amide bonds. The quantitative estimate of drug-likeness (QED) is 0.408. The topological polar surface area (TPSA) is 84.2 Å². The Hall–Kier alpha value is -2.64. The first-order valence-corrected chi connectivity index (χ1v) is 9.81. The summed E-state index contributed by atoms with van der Waals surface area (Å²) in [5, 5.41) is 0.671. The predicted molar refractivity (Wildman–Crippen MR) is 111 cm³/mol. The molecule has 1 saturated heterocycles. The Kier molecular flexibility index (Phi) is 5.80. The van der Waals surface area contributed by atoms with Crippen molar-refractivity contribution in [2.75, 3.05) is 7.11 Å². The summed E-state index contributed by atoms with van der Waals surface area (Å²) in [6.07, 6.45) is 0.255. The minimum absolute atomic E-state index is 0.376. The van der Waals surface area contributed by atoms with Crippen molar-refractivity contribution in [3.63, 3.8) is 0 Å². The van der Waals surface area contributed by atoms with Crippen molar-refractivity contribution in [3.05, 3.63) is 51.9 Å². The first-order valence-electron chi connectivity index (χ1n) is 9.81. The molecule has 2 atom stereocenters. The molecule has 2 heterocycles. The van der Waals surface area contributed by atoms with E-state index >= 15 is 0 Å². The van der Waals surface area contributed by atoms with Gasteiger partial charge < -0.3 is 23.4 Å². The van der Waals surface area contributed by atoms with Crippen LogP contribution in [0.5, 0.6) is 5.75 Å². The largest absolute Gasteiger partial charge is 0.496 e. The van der Waals surface area contributed by atoms with Gasteiger partial charge in [0.1, 0.15) is 17.4 Å². The Morgan fingerprint density at radius 3 is 2.47 bits per heavy atom. The highest BCUT2D eigenvalue weighted by molar-refractivity contribution is 5.88. The smallest absolute Gasteiger partial charge is 0.336 e. The minimum atomic E-state index is -0.856. The molecule has 0 unspecified atom stereocenters. The summed E-state index contributed by atoms with van der Waals surface area (Å²) in [7, 11) is 1.50. The molecule has 0 N–H and O–H groups in total. The van der Waals surface area contributed by atoms with Crippen molar-refractivity contribution in [2.24, 2.45) is 0 Å². The van der Waals surface area contributed by atoms with Crippen LogP contribution in [0.4, 0.5) is 0 Å². The maximum Gasteiger partial charge on any atom is 0.336 e. The molecular weight excluding hydrogens is 388 g/mol. The summed E-state index contributed by atoms with van der Waals surface area (Å²) in [6, 6.07) is 6.39. The second kappa shape index (κ2) is 7.89. The summed E-state index contributed by atoms with van der Waals surface area (Å²) >= 11 is 0. The van der Waals surface area contributed by atoms with Gasteiger partial charge in [-0.2, -0.15) is 0 Å². The van der Waals surface area contributed by atoms with Gasteiger partial charge >= 0.3 is 11.6 Å². The lowest BCUT2D eigenvalue weighted by Gasteiger charge is -2.31. The molecule has 1 aliphatic heterocycles. The second-order valence-electron chi connectivity index (χ2n) is 8.33. The van der Waals surface area contributed by atoms with Crippen LogP contribution in [0.25, 0.3) is 11.0 Å². The zero-order chi connectivity index (χ0) is 22.3. The van der Waals surface area contributed by atoms with Gasteiger partial charge in [0.25, 0.3) is 0 Å². The van der Waals surface area contributed by atoms with Crippen LogP contribution < -0.4 is 10.4 Å². The maximum absolute atomic E-state index is 12.7. The Bertz CT molecular complexity index is 1050. The van der Waals surface area contributed by atoms with Crippen molar-refractivity contribution >= 4 is 16.9 Å². The van der Waals surface area contributed by atoms with Gasteiger partial charge in [-0.05, 0) is 53.7 Å². The molecule has 162 valence electrons. The lowest BCUT2D eigenvalue weighted by Crippen LogP contribution is -2.39. The molecule has 7 nitrogen and oxygen atoms in total. The van der Waals surface area contributed by atoms with E-state index in [1.54, 1.807) is 38.1 Å². The number of rotatable bonds is 5. The number of hydrogen-bond acceptors (Lipinski definition) is 7. The van der Waals surface area contributed by atoms with E-state index in [1.165, 1.54) is 13.2 Å². The average molecular weight is 416 g/mol. The number of fused-ring (bicyclic) bond motifs is 1. The molecule has 0 bridgehead atoms. The zero-order valence-corrected chi connectivity index (χ0v) is 18.4.